The fourth-order valence-corrected chi connectivity index (χ4v) is 2.17. The molecule has 1 aliphatic rings. The van der Waals surface area contributed by atoms with Crippen molar-refractivity contribution in [2.45, 2.75) is 13.5 Å². The number of likely N-dealkylation sites (N-methyl/N-ethyl adjacent to an activating group) is 1. The number of aryl methyl sites for hydroxylation is 1. The molecule has 0 radical (unpaired) electrons. The zero-order valence-electron chi connectivity index (χ0n) is 11.7. The molecule has 1 aromatic heterocycles. The summed E-state index contributed by atoms with van der Waals surface area (Å²) in [5, 5.41) is 3.25. The topological polar surface area (TPSA) is 48.5 Å². The monoisotopic (exact) mass is 262 g/mol. The number of aromatic nitrogens is 1. The smallest absolute Gasteiger partial charge is 0.236 e. The molecule has 0 aliphatic carbocycles. The Balaban J connectivity index is 1.81. The molecule has 1 N–H and O–H groups in total. The summed E-state index contributed by atoms with van der Waals surface area (Å²) in [4.78, 5) is 20.4. The van der Waals surface area contributed by atoms with Gasteiger partial charge in [-0.05, 0) is 25.6 Å². The Morgan fingerprint density at radius 2 is 2.16 bits per heavy atom. The number of hydrogen-bond donors (Lipinski definition) is 1. The van der Waals surface area contributed by atoms with E-state index < -0.39 is 0 Å². The molecule has 0 atom stereocenters. The van der Waals surface area contributed by atoms with Crippen molar-refractivity contribution in [1.29, 1.82) is 0 Å². The highest BCUT2D eigenvalue weighted by atomic mass is 16.2. The highest BCUT2D eigenvalue weighted by Crippen LogP contribution is 2.03. The zero-order valence-corrected chi connectivity index (χ0v) is 11.7. The van der Waals surface area contributed by atoms with E-state index in [9.17, 15) is 4.79 Å². The lowest BCUT2D eigenvalue weighted by Gasteiger charge is -2.29. The zero-order chi connectivity index (χ0) is 13.7. The third kappa shape index (κ3) is 4.29. The standard InChI is InChI=1S/C14H22N4O/c1-12-3-4-13(16-9-12)10-17(2)11-14(19)18-7-5-15-6-8-18/h3-4,9,15H,5-8,10-11H2,1-2H3. The van der Waals surface area contributed by atoms with Crippen LogP contribution in [0.25, 0.3) is 0 Å². The van der Waals surface area contributed by atoms with Crippen LogP contribution in [0.2, 0.25) is 0 Å². The lowest BCUT2D eigenvalue weighted by molar-refractivity contribution is -0.132. The fraction of sp³-hybridized carbons (Fsp3) is 0.571. The van der Waals surface area contributed by atoms with E-state index in [1.54, 1.807) is 0 Å². The molecule has 0 unspecified atom stereocenters. The molecular weight excluding hydrogens is 240 g/mol. The summed E-state index contributed by atoms with van der Waals surface area (Å²) in [5.41, 5.74) is 2.16. The van der Waals surface area contributed by atoms with Gasteiger partial charge in [0, 0.05) is 38.9 Å². The third-order valence-electron chi connectivity index (χ3n) is 3.28. The Morgan fingerprint density at radius 3 is 2.79 bits per heavy atom. The van der Waals surface area contributed by atoms with Crippen LogP contribution in [-0.4, -0.2) is 60.5 Å². The first kappa shape index (κ1) is 14.0. The van der Waals surface area contributed by atoms with E-state index in [2.05, 4.69) is 10.3 Å². The maximum atomic E-state index is 12.1. The summed E-state index contributed by atoms with van der Waals surface area (Å²) in [7, 11) is 1.96. The number of amides is 1. The van der Waals surface area contributed by atoms with Crippen molar-refractivity contribution < 1.29 is 4.79 Å². The minimum atomic E-state index is 0.205. The van der Waals surface area contributed by atoms with Gasteiger partial charge in [-0.2, -0.15) is 0 Å². The van der Waals surface area contributed by atoms with Gasteiger partial charge in [0.1, 0.15) is 0 Å². The third-order valence-corrected chi connectivity index (χ3v) is 3.28. The molecule has 2 rings (SSSR count). The molecule has 104 valence electrons. The van der Waals surface area contributed by atoms with E-state index in [-0.39, 0.29) is 5.91 Å². The van der Waals surface area contributed by atoms with Crippen LogP contribution < -0.4 is 5.32 Å². The Morgan fingerprint density at radius 1 is 1.42 bits per heavy atom. The summed E-state index contributed by atoms with van der Waals surface area (Å²) in [6.07, 6.45) is 1.86. The van der Waals surface area contributed by atoms with E-state index in [0.717, 1.165) is 37.4 Å². The molecule has 1 fully saturated rings. The quantitative estimate of drug-likeness (QED) is 0.845. The Bertz CT molecular complexity index is 412. The van der Waals surface area contributed by atoms with Crippen molar-refractivity contribution in [3.05, 3.63) is 29.6 Å². The first-order chi connectivity index (χ1) is 9.15. The van der Waals surface area contributed by atoms with Crippen molar-refractivity contribution in [3.63, 3.8) is 0 Å². The molecule has 1 saturated heterocycles. The van der Waals surface area contributed by atoms with E-state index >= 15 is 0 Å². The number of nitrogens with zero attached hydrogens (tertiary/aromatic N) is 3. The van der Waals surface area contributed by atoms with Gasteiger partial charge in [0.2, 0.25) is 5.91 Å². The van der Waals surface area contributed by atoms with Gasteiger partial charge in [-0.1, -0.05) is 6.07 Å². The lowest BCUT2D eigenvalue weighted by Crippen LogP contribution is -2.49. The Labute approximate surface area is 114 Å². The Hall–Kier alpha value is -1.46. The summed E-state index contributed by atoms with van der Waals surface area (Å²) in [6.45, 7) is 6.61. The second kappa shape index (κ2) is 6.63. The molecule has 0 saturated carbocycles. The van der Waals surface area contributed by atoms with Crippen LogP contribution in [0.15, 0.2) is 18.3 Å². The molecule has 1 amide bonds. The normalized spacial score (nSPS) is 15.8. The average molecular weight is 262 g/mol. The predicted molar refractivity (Wildman–Crippen MR) is 74.8 cm³/mol. The molecule has 0 spiro atoms. The number of carbonyl (C=O) groups excluding carboxylic acids is 1. The molecule has 0 aromatic carbocycles. The molecule has 2 heterocycles. The number of hydrogen-bond acceptors (Lipinski definition) is 4. The average Bonchev–Trinajstić information content (AvgIpc) is 2.42. The van der Waals surface area contributed by atoms with E-state index in [1.165, 1.54) is 0 Å². The number of piperazine rings is 1. The maximum Gasteiger partial charge on any atom is 0.236 e. The van der Waals surface area contributed by atoms with Crippen LogP contribution in [0, 0.1) is 6.92 Å². The van der Waals surface area contributed by atoms with Gasteiger partial charge >= 0.3 is 0 Å². The lowest BCUT2D eigenvalue weighted by atomic mass is 10.2. The van der Waals surface area contributed by atoms with Crippen molar-refractivity contribution in [2.24, 2.45) is 0 Å². The second-order valence-corrected chi connectivity index (χ2v) is 5.13. The van der Waals surface area contributed by atoms with E-state index in [0.29, 0.717) is 13.1 Å². The van der Waals surface area contributed by atoms with Crippen LogP contribution in [-0.2, 0) is 11.3 Å². The minimum absolute atomic E-state index is 0.205. The van der Waals surface area contributed by atoms with Gasteiger partial charge in [0.05, 0.1) is 12.2 Å². The number of carbonyl (C=O) groups is 1. The van der Waals surface area contributed by atoms with Crippen molar-refractivity contribution in [2.75, 3.05) is 39.8 Å². The summed E-state index contributed by atoms with van der Waals surface area (Å²) >= 11 is 0. The van der Waals surface area contributed by atoms with Gasteiger partial charge in [0.15, 0.2) is 0 Å². The summed E-state index contributed by atoms with van der Waals surface area (Å²) in [5.74, 6) is 0.205. The molecule has 0 bridgehead atoms. The van der Waals surface area contributed by atoms with Gasteiger partial charge in [-0.3, -0.25) is 14.7 Å². The van der Waals surface area contributed by atoms with Gasteiger partial charge in [-0.15, -0.1) is 0 Å². The molecule has 1 aliphatic heterocycles. The number of pyridine rings is 1. The van der Waals surface area contributed by atoms with Gasteiger partial charge < -0.3 is 10.2 Å². The fourth-order valence-electron chi connectivity index (χ4n) is 2.17. The van der Waals surface area contributed by atoms with Crippen LogP contribution in [0.4, 0.5) is 0 Å². The molecule has 19 heavy (non-hydrogen) atoms. The maximum absolute atomic E-state index is 12.1. The van der Waals surface area contributed by atoms with E-state index in [1.807, 2.05) is 42.1 Å². The van der Waals surface area contributed by atoms with Crippen molar-refractivity contribution >= 4 is 5.91 Å². The predicted octanol–water partition coefficient (Wildman–Crippen LogP) is 0.254. The first-order valence-electron chi connectivity index (χ1n) is 6.74. The highest BCUT2D eigenvalue weighted by molar-refractivity contribution is 5.78. The number of nitrogens with one attached hydrogen (secondary N) is 1. The van der Waals surface area contributed by atoms with Crippen LogP contribution in [0.5, 0.6) is 0 Å². The molecule has 5 heteroatoms. The van der Waals surface area contributed by atoms with Crippen molar-refractivity contribution in [3.8, 4) is 0 Å². The SMILES string of the molecule is Cc1ccc(CN(C)CC(=O)N2CCNCC2)nc1. The minimum Gasteiger partial charge on any atom is -0.339 e. The highest BCUT2D eigenvalue weighted by Gasteiger charge is 2.17. The van der Waals surface area contributed by atoms with Crippen LogP contribution in [0.1, 0.15) is 11.3 Å². The van der Waals surface area contributed by atoms with Crippen LogP contribution in [0.3, 0.4) is 0 Å². The first-order valence-corrected chi connectivity index (χ1v) is 6.74. The molecule has 1 aromatic rings. The van der Waals surface area contributed by atoms with Gasteiger partial charge in [-0.25, -0.2) is 0 Å². The van der Waals surface area contributed by atoms with Gasteiger partial charge in [0.25, 0.3) is 0 Å². The largest absolute Gasteiger partial charge is 0.339 e. The van der Waals surface area contributed by atoms with Crippen molar-refractivity contribution in [1.82, 2.24) is 20.1 Å². The Kier molecular flexibility index (Phi) is 4.87. The summed E-state index contributed by atoms with van der Waals surface area (Å²) < 4.78 is 0. The van der Waals surface area contributed by atoms with Crippen LogP contribution >= 0.6 is 0 Å². The van der Waals surface area contributed by atoms with E-state index in [4.69, 9.17) is 0 Å². The summed E-state index contributed by atoms with van der Waals surface area (Å²) in [6, 6.07) is 4.06. The molecular formula is C14H22N4O. The molecule has 5 nitrogen and oxygen atoms in total. The second-order valence-electron chi connectivity index (χ2n) is 5.13. The number of rotatable bonds is 4.